The maximum absolute atomic E-state index is 12.9. The van der Waals surface area contributed by atoms with Crippen molar-refractivity contribution in [2.24, 2.45) is 0 Å². The van der Waals surface area contributed by atoms with Crippen molar-refractivity contribution in [3.05, 3.63) is 52.0 Å². The third kappa shape index (κ3) is 6.05. The lowest BCUT2D eigenvalue weighted by Gasteiger charge is -2.44. The highest BCUT2D eigenvalue weighted by Gasteiger charge is 2.40. The minimum absolute atomic E-state index is 0.0688. The number of piperidine rings is 1. The van der Waals surface area contributed by atoms with Gasteiger partial charge < -0.3 is 28.3 Å². The van der Waals surface area contributed by atoms with Crippen LogP contribution in [0, 0.1) is 6.92 Å². The number of carbonyl (C=O) groups excluding carboxylic acids is 3. The highest BCUT2D eigenvalue weighted by Crippen LogP contribution is 2.35. The summed E-state index contributed by atoms with van der Waals surface area (Å²) < 4.78 is 20.2. The number of carboxylic acids is 1. The van der Waals surface area contributed by atoms with E-state index in [2.05, 4.69) is 0 Å². The SMILES string of the molecule is COC(=O)N1CCC(N2CCN(CC(=O)c3ccc(OCC(=O)O)cc3)C(=O)C2)CC1c1oc(=O)oc1C. The third-order valence-electron chi connectivity index (χ3n) is 6.80. The van der Waals surface area contributed by atoms with E-state index in [0.29, 0.717) is 43.8 Å². The molecule has 0 spiro atoms. The maximum Gasteiger partial charge on any atom is 0.519 e. The fraction of sp³-hybridized carbons (Fsp3) is 0.480. The molecule has 2 aliphatic heterocycles. The molecule has 2 fully saturated rings. The molecule has 13 heteroatoms. The second-order valence-electron chi connectivity index (χ2n) is 9.15. The average Bonchev–Trinajstić information content (AvgIpc) is 3.25. The van der Waals surface area contributed by atoms with Crippen LogP contribution in [-0.2, 0) is 14.3 Å². The quantitative estimate of drug-likeness (QED) is 0.489. The Bertz CT molecular complexity index is 1250. The Hall–Kier alpha value is -4.13. The number of hydrogen-bond acceptors (Lipinski definition) is 10. The van der Waals surface area contributed by atoms with E-state index in [9.17, 15) is 24.0 Å². The van der Waals surface area contributed by atoms with Gasteiger partial charge in [-0.1, -0.05) is 0 Å². The van der Waals surface area contributed by atoms with Crippen molar-refractivity contribution >= 4 is 23.8 Å². The number of piperazine rings is 1. The smallest absolute Gasteiger partial charge is 0.482 e. The van der Waals surface area contributed by atoms with Gasteiger partial charge in [0.15, 0.2) is 18.2 Å². The summed E-state index contributed by atoms with van der Waals surface area (Å²) in [6.45, 7) is 2.37. The molecule has 13 nitrogen and oxygen atoms in total. The number of ketones is 1. The van der Waals surface area contributed by atoms with Crippen LogP contribution in [0.4, 0.5) is 4.79 Å². The predicted molar refractivity (Wildman–Crippen MR) is 129 cm³/mol. The number of aliphatic carboxylic acids is 1. The summed E-state index contributed by atoms with van der Waals surface area (Å²) in [5.74, 6) is -1.50. The first-order valence-electron chi connectivity index (χ1n) is 12.1. The van der Waals surface area contributed by atoms with Crippen molar-refractivity contribution < 1.29 is 42.6 Å². The molecule has 2 atom stereocenters. The van der Waals surface area contributed by atoms with E-state index in [1.54, 1.807) is 6.92 Å². The van der Waals surface area contributed by atoms with E-state index >= 15 is 0 Å². The molecule has 4 rings (SSSR count). The molecule has 3 heterocycles. The molecule has 0 aliphatic carbocycles. The van der Waals surface area contributed by atoms with E-state index in [1.165, 1.54) is 41.2 Å². The van der Waals surface area contributed by atoms with E-state index in [4.69, 9.17) is 23.4 Å². The Labute approximate surface area is 217 Å². The molecule has 0 radical (unpaired) electrons. The van der Waals surface area contributed by atoms with Crippen molar-refractivity contribution in [1.29, 1.82) is 0 Å². The fourth-order valence-electron chi connectivity index (χ4n) is 4.88. The van der Waals surface area contributed by atoms with Crippen LogP contribution < -0.4 is 10.6 Å². The van der Waals surface area contributed by atoms with Gasteiger partial charge >= 0.3 is 17.9 Å². The lowest BCUT2D eigenvalue weighted by Crippen LogP contribution is -2.57. The van der Waals surface area contributed by atoms with Crippen LogP contribution in [0.1, 0.15) is 40.8 Å². The zero-order chi connectivity index (χ0) is 27.4. The molecular weight excluding hydrogens is 502 g/mol. The first-order chi connectivity index (χ1) is 18.2. The summed E-state index contributed by atoms with van der Waals surface area (Å²) in [5.41, 5.74) is 0.387. The topological polar surface area (TPSA) is 160 Å². The Morgan fingerprint density at radius 2 is 1.82 bits per heavy atom. The highest BCUT2D eigenvalue weighted by molar-refractivity contribution is 5.99. The summed E-state index contributed by atoms with van der Waals surface area (Å²) in [6.07, 6.45) is 0.466. The number of carbonyl (C=O) groups is 4. The van der Waals surface area contributed by atoms with Gasteiger partial charge in [-0.25, -0.2) is 14.4 Å². The number of Topliss-reactive ketones (excluding diaryl/α,β-unsaturated/α-hetero) is 1. The standard InChI is InChI=1S/C25H29N3O10/c1-15-23(38-25(34)37-15)19-11-17(7-8-28(19)24(33)35-2)26-9-10-27(21(30)13-26)12-20(29)16-3-5-18(6-4-16)36-14-22(31)32/h3-6,17,19H,7-14H2,1-2H3,(H,31,32). The van der Waals surface area contributed by atoms with Crippen LogP contribution in [0.5, 0.6) is 5.75 Å². The number of likely N-dealkylation sites (tertiary alicyclic amines) is 1. The number of aryl methyl sites for hydroxylation is 1. The molecule has 0 bridgehead atoms. The first-order valence-corrected chi connectivity index (χ1v) is 12.1. The van der Waals surface area contributed by atoms with Crippen LogP contribution in [0.2, 0.25) is 0 Å². The normalized spacial score (nSPS) is 20.3. The summed E-state index contributed by atoms with van der Waals surface area (Å²) in [5, 5.41) is 8.69. The third-order valence-corrected chi connectivity index (χ3v) is 6.80. The first kappa shape index (κ1) is 26.9. The average molecular weight is 532 g/mol. The van der Waals surface area contributed by atoms with Crippen LogP contribution in [0.3, 0.4) is 0 Å². The fourth-order valence-corrected chi connectivity index (χ4v) is 4.88. The van der Waals surface area contributed by atoms with Crippen LogP contribution >= 0.6 is 0 Å². The number of rotatable bonds is 8. The van der Waals surface area contributed by atoms with E-state index in [-0.39, 0.29) is 42.3 Å². The second-order valence-corrected chi connectivity index (χ2v) is 9.15. The molecule has 38 heavy (non-hydrogen) atoms. The zero-order valence-electron chi connectivity index (χ0n) is 21.1. The molecule has 2 amide bonds. The number of amides is 2. The van der Waals surface area contributed by atoms with E-state index < -0.39 is 30.5 Å². The summed E-state index contributed by atoms with van der Waals surface area (Å²) in [4.78, 5) is 65.3. The number of methoxy groups -OCH3 is 1. The van der Waals surface area contributed by atoms with Crippen LogP contribution in [0.15, 0.2) is 37.9 Å². The Kier molecular flexibility index (Phi) is 8.15. The van der Waals surface area contributed by atoms with Gasteiger partial charge in [0.05, 0.1) is 26.2 Å². The van der Waals surface area contributed by atoms with Gasteiger partial charge in [-0.05, 0) is 44.0 Å². The molecule has 2 unspecified atom stereocenters. The van der Waals surface area contributed by atoms with Gasteiger partial charge in [0, 0.05) is 31.2 Å². The maximum atomic E-state index is 12.9. The highest BCUT2D eigenvalue weighted by atomic mass is 16.6. The van der Waals surface area contributed by atoms with Crippen molar-refractivity contribution in [2.45, 2.75) is 31.8 Å². The molecular formula is C25H29N3O10. The van der Waals surface area contributed by atoms with Crippen molar-refractivity contribution in [2.75, 3.05) is 46.4 Å². The Balaban J connectivity index is 1.36. The molecule has 2 aliphatic rings. The molecule has 1 N–H and O–H groups in total. The number of nitrogens with zero attached hydrogens (tertiary/aromatic N) is 3. The van der Waals surface area contributed by atoms with Crippen LogP contribution in [-0.4, -0.2) is 96.0 Å². The molecule has 204 valence electrons. The Morgan fingerprint density at radius 1 is 1.08 bits per heavy atom. The summed E-state index contributed by atoms with van der Waals surface area (Å²) in [7, 11) is 1.28. The second kappa shape index (κ2) is 11.5. The molecule has 2 aromatic rings. The minimum atomic E-state index is -1.10. The van der Waals surface area contributed by atoms with E-state index in [1.807, 2.05) is 4.90 Å². The van der Waals surface area contributed by atoms with Crippen molar-refractivity contribution in [3.63, 3.8) is 0 Å². The van der Waals surface area contributed by atoms with Crippen molar-refractivity contribution in [1.82, 2.24) is 14.7 Å². The molecule has 0 saturated carbocycles. The summed E-state index contributed by atoms with van der Waals surface area (Å²) in [6, 6.07) is 5.44. The lowest BCUT2D eigenvalue weighted by molar-refractivity contribution is -0.139. The van der Waals surface area contributed by atoms with Crippen molar-refractivity contribution in [3.8, 4) is 5.75 Å². The van der Waals surface area contributed by atoms with Crippen LogP contribution in [0.25, 0.3) is 0 Å². The number of hydrogen-bond donors (Lipinski definition) is 1. The molecule has 1 aromatic heterocycles. The number of ether oxygens (including phenoxy) is 2. The van der Waals surface area contributed by atoms with Gasteiger partial charge in [-0.2, -0.15) is 0 Å². The number of benzene rings is 1. The minimum Gasteiger partial charge on any atom is -0.482 e. The van der Waals surface area contributed by atoms with Gasteiger partial charge in [0.1, 0.15) is 11.5 Å². The zero-order valence-corrected chi connectivity index (χ0v) is 21.1. The lowest BCUT2D eigenvalue weighted by atomic mass is 9.93. The van der Waals surface area contributed by atoms with Gasteiger partial charge in [0.25, 0.3) is 0 Å². The van der Waals surface area contributed by atoms with Gasteiger partial charge in [-0.15, -0.1) is 0 Å². The molecule has 2 saturated heterocycles. The van der Waals surface area contributed by atoms with Gasteiger partial charge in [-0.3, -0.25) is 19.4 Å². The van der Waals surface area contributed by atoms with Gasteiger partial charge in [0.2, 0.25) is 5.91 Å². The Morgan fingerprint density at radius 3 is 2.42 bits per heavy atom. The largest absolute Gasteiger partial charge is 0.519 e. The monoisotopic (exact) mass is 531 g/mol. The number of carboxylic acid groups (broad SMARTS) is 1. The summed E-state index contributed by atoms with van der Waals surface area (Å²) >= 11 is 0. The molecule has 1 aromatic carbocycles. The van der Waals surface area contributed by atoms with E-state index in [0.717, 1.165) is 0 Å². The predicted octanol–water partition coefficient (Wildman–Crippen LogP) is 1.30.